The SMILES string of the molecule is C[C@@H]1CCCC[C@H]1NC(=O)NC(=O)COC(=O)c1cc(F)c(Cl)cc1Cl. The molecule has 6 nitrogen and oxygen atoms in total. The summed E-state index contributed by atoms with van der Waals surface area (Å²) in [5.41, 5.74) is -0.262. The smallest absolute Gasteiger partial charge is 0.340 e. The van der Waals surface area contributed by atoms with Crippen molar-refractivity contribution in [2.24, 2.45) is 5.92 Å². The summed E-state index contributed by atoms with van der Waals surface area (Å²) in [7, 11) is 0. The minimum Gasteiger partial charge on any atom is -0.452 e. The van der Waals surface area contributed by atoms with E-state index >= 15 is 0 Å². The number of hydrogen-bond donors (Lipinski definition) is 2. The van der Waals surface area contributed by atoms with Crippen LogP contribution in [0.25, 0.3) is 0 Å². The Hall–Kier alpha value is -1.86. The number of ether oxygens (including phenoxy) is 1. The lowest BCUT2D eigenvalue weighted by molar-refractivity contribution is -0.123. The number of carbonyl (C=O) groups is 3. The lowest BCUT2D eigenvalue weighted by Gasteiger charge is -2.29. The van der Waals surface area contributed by atoms with E-state index in [1.165, 1.54) is 0 Å². The number of rotatable bonds is 4. The van der Waals surface area contributed by atoms with Gasteiger partial charge in [-0.3, -0.25) is 10.1 Å². The number of urea groups is 1. The van der Waals surface area contributed by atoms with Gasteiger partial charge in [0.25, 0.3) is 5.91 Å². The molecular formula is C17H19Cl2FN2O4. The van der Waals surface area contributed by atoms with Crippen molar-refractivity contribution in [2.75, 3.05) is 6.61 Å². The van der Waals surface area contributed by atoms with E-state index < -0.39 is 30.3 Å². The summed E-state index contributed by atoms with van der Waals surface area (Å²) < 4.78 is 18.2. The summed E-state index contributed by atoms with van der Waals surface area (Å²) in [6.45, 7) is 1.34. The van der Waals surface area contributed by atoms with Gasteiger partial charge in [0, 0.05) is 6.04 Å². The third kappa shape index (κ3) is 5.57. The van der Waals surface area contributed by atoms with Crippen LogP contribution in [-0.4, -0.2) is 30.6 Å². The Morgan fingerprint density at radius 1 is 1.19 bits per heavy atom. The molecule has 2 rings (SSSR count). The van der Waals surface area contributed by atoms with Crippen LogP contribution in [0.15, 0.2) is 12.1 Å². The molecule has 142 valence electrons. The molecule has 1 saturated carbocycles. The standard InChI is InChI=1S/C17H19Cl2FN2O4/c1-9-4-2-3-5-14(9)21-17(25)22-15(23)8-26-16(24)10-6-13(20)12(19)7-11(10)18/h6-7,9,14H,2-5,8H2,1H3,(H2,21,22,23,25)/t9-,14-/m1/s1. The van der Waals surface area contributed by atoms with Gasteiger partial charge in [-0.2, -0.15) is 0 Å². The molecule has 3 amide bonds. The third-order valence-corrected chi connectivity index (χ3v) is 4.85. The van der Waals surface area contributed by atoms with E-state index in [1.807, 2.05) is 6.92 Å². The van der Waals surface area contributed by atoms with E-state index in [-0.39, 0.29) is 21.7 Å². The quantitative estimate of drug-likeness (QED) is 0.591. The first-order chi connectivity index (χ1) is 12.3. The van der Waals surface area contributed by atoms with Gasteiger partial charge < -0.3 is 10.1 Å². The largest absolute Gasteiger partial charge is 0.452 e. The number of nitrogens with one attached hydrogen (secondary N) is 2. The average Bonchev–Trinajstić information content (AvgIpc) is 2.58. The molecule has 0 aromatic heterocycles. The normalized spacial score (nSPS) is 19.5. The van der Waals surface area contributed by atoms with Gasteiger partial charge in [0.15, 0.2) is 6.61 Å². The van der Waals surface area contributed by atoms with Gasteiger partial charge >= 0.3 is 12.0 Å². The fourth-order valence-corrected chi connectivity index (χ4v) is 3.25. The molecule has 2 atom stereocenters. The molecule has 1 aromatic carbocycles. The molecule has 0 bridgehead atoms. The Kier molecular flexibility index (Phi) is 7.23. The van der Waals surface area contributed by atoms with Crippen molar-refractivity contribution >= 4 is 41.1 Å². The van der Waals surface area contributed by atoms with Crippen molar-refractivity contribution in [3.63, 3.8) is 0 Å². The summed E-state index contributed by atoms with van der Waals surface area (Å²) in [6, 6.07) is 1.26. The summed E-state index contributed by atoms with van der Waals surface area (Å²) in [6.07, 6.45) is 4.04. The molecule has 26 heavy (non-hydrogen) atoms. The summed E-state index contributed by atoms with van der Waals surface area (Å²) >= 11 is 11.3. The third-order valence-electron chi connectivity index (χ3n) is 4.25. The molecule has 0 saturated heterocycles. The van der Waals surface area contributed by atoms with E-state index in [1.54, 1.807) is 0 Å². The van der Waals surface area contributed by atoms with Crippen LogP contribution >= 0.6 is 23.2 Å². The predicted octanol–water partition coefficient (Wildman–Crippen LogP) is 3.69. The highest BCUT2D eigenvalue weighted by Crippen LogP contribution is 2.25. The van der Waals surface area contributed by atoms with Crippen LogP contribution in [0.3, 0.4) is 0 Å². The lowest BCUT2D eigenvalue weighted by Crippen LogP contribution is -2.48. The zero-order chi connectivity index (χ0) is 19.3. The summed E-state index contributed by atoms with van der Waals surface area (Å²) in [5.74, 6) is -2.30. The van der Waals surface area contributed by atoms with Gasteiger partial charge in [-0.1, -0.05) is 43.0 Å². The molecule has 9 heteroatoms. The molecule has 1 fully saturated rings. The monoisotopic (exact) mass is 404 g/mol. The van der Waals surface area contributed by atoms with Gasteiger partial charge in [0.2, 0.25) is 0 Å². The van der Waals surface area contributed by atoms with Crippen LogP contribution in [0.5, 0.6) is 0 Å². The first-order valence-corrected chi connectivity index (χ1v) is 8.95. The highest BCUT2D eigenvalue weighted by molar-refractivity contribution is 6.36. The van der Waals surface area contributed by atoms with Crippen LogP contribution in [-0.2, 0) is 9.53 Å². The van der Waals surface area contributed by atoms with E-state index in [2.05, 4.69) is 10.6 Å². The first kappa shape index (κ1) is 20.5. The second-order valence-electron chi connectivity index (χ2n) is 6.21. The number of halogens is 3. The van der Waals surface area contributed by atoms with Crippen molar-refractivity contribution in [2.45, 2.75) is 38.6 Å². The van der Waals surface area contributed by atoms with Crippen LogP contribution in [0.2, 0.25) is 10.0 Å². The number of carbonyl (C=O) groups excluding carboxylic acids is 3. The number of benzene rings is 1. The molecule has 1 aliphatic carbocycles. The van der Waals surface area contributed by atoms with Gasteiger partial charge in [0.1, 0.15) is 5.82 Å². The highest BCUT2D eigenvalue weighted by atomic mass is 35.5. The Morgan fingerprint density at radius 2 is 1.88 bits per heavy atom. The lowest BCUT2D eigenvalue weighted by atomic mass is 9.86. The zero-order valence-corrected chi connectivity index (χ0v) is 15.6. The second-order valence-corrected chi connectivity index (χ2v) is 7.03. The molecule has 0 spiro atoms. The Morgan fingerprint density at radius 3 is 2.58 bits per heavy atom. The molecule has 0 aliphatic heterocycles. The molecule has 2 N–H and O–H groups in total. The van der Waals surface area contributed by atoms with E-state index in [4.69, 9.17) is 27.9 Å². The molecule has 1 aliphatic rings. The average molecular weight is 405 g/mol. The molecule has 0 heterocycles. The maximum Gasteiger partial charge on any atom is 0.340 e. The second kappa shape index (κ2) is 9.19. The summed E-state index contributed by atoms with van der Waals surface area (Å²) in [4.78, 5) is 35.5. The van der Waals surface area contributed by atoms with Gasteiger partial charge in [-0.25, -0.2) is 14.0 Å². The number of hydrogen-bond acceptors (Lipinski definition) is 4. The molecule has 0 radical (unpaired) electrons. The van der Waals surface area contributed by atoms with E-state index in [0.717, 1.165) is 37.8 Å². The van der Waals surface area contributed by atoms with Crippen molar-refractivity contribution in [1.29, 1.82) is 0 Å². The van der Waals surface area contributed by atoms with Crippen LogP contribution in [0.4, 0.5) is 9.18 Å². The van der Waals surface area contributed by atoms with Crippen LogP contribution in [0, 0.1) is 11.7 Å². The van der Waals surface area contributed by atoms with E-state index in [9.17, 15) is 18.8 Å². The van der Waals surface area contributed by atoms with E-state index in [0.29, 0.717) is 5.92 Å². The Bertz CT molecular complexity index is 714. The first-order valence-electron chi connectivity index (χ1n) is 8.20. The maximum absolute atomic E-state index is 13.4. The Balaban J connectivity index is 1.81. The van der Waals surface area contributed by atoms with Crippen molar-refractivity contribution in [3.05, 3.63) is 33.6 Å². The zero-order valence-electron chi connectivity index (χ0n) is 14.1. The number of imide groups is 1. The highest BCUT2D eigenvalue weighted by Gasteiger charge is 2.24. The van der Waals surface area contributed by atoms with Gasteiger partial charge in [-0.15, -0.1) is 0 Å². The summed E-state index contributed by atoms with van der Waals surface area (Å²) in [5, 5.41) is 4.50. The van der Waals surface area contributed by atoms with Gasteiger partial charge in [-0.05, 0) is 30.9 Å². The predicted molar refractivity (Wildman–Crippen MR) is 94.8 cm³/mol. The van der Waals surface area contributed by atoms with Crippen LogP contribution < -0.4 is 10.6 Å². The minimum atomic E-state index is -0.998. The fraction of sp³-hybridized carbons (Fsp3) is 0.471. The minimum absolute atomic E-state index is 0.00921. The van der Waals surface area contributed by atoms with Crippen molar-refractivity contribution < 1.29 is 23.5 Å². The van der Waals surface area contributed by atoms with Crippen molar-refractivity contribution in [3.8, 4) is 0 Å². The topological polar surface area (TPSA) is 84.5 Å². The fourth-order valence-electron chi connectivity index (χ4n) is 2.79. The number of esters is 1. The Labute approximate surface area is 160 Å². The number of amides is 3. The molecular weight excluding hydrogens is 386 g/mol. The molecule has 1 aromatic rings. The maximum atomic E-state index is 13.4. The molecule has 0 unspecified atom stereocenters. The van der Waals surface area contributed by atoms with Crippen LogP contribution in [0.1, 0.15) is 43.0 Å². The van der Waals surface area contributed by atoms with Crippen molar-refractivity contribution in [1.82, 2.24) is 10.6 Å². The van der Waals surface area contributed by atoms with Gasteiger partial charge in [0.05, 0.1) is 15.6 Å².